The van der Waals surface area contributed by atoms with E-state index in [2.05, 4.69) is 78.4 Å². The zero-order chi connectivity index (χ0) is 98.8. The summed E-state index contributed by atoms with van der Waals surface area (Å²) in [5.74, 6) is 21.5. The highest BCUT2D eigenvalue weighted by Crippen LogP contribution is 2.72. The van der Waals surface area contributed by atoms with Crippen LogP contribution >= 0.6 is 11.6 Å². The maximum absolute atomic E-state index is 13.4. The molecule has 20 aliphatic rings. The fraction of sp³-hybridized carbons (Fsp3) is 0.859. The molecule has 39 atom stereocenters. The molecule has 0 radical (unpaired) electrons. The molecule has 0 bridgehead atoms. The Morgan fingerprint density at radius 2 is 0.641 bits per heavy atom. The summed E-state index contributed by atoms with van der Waals surface area (Å²) in [5.41, 5.74) is 6.99. The van der Waals surface area contributed by atoms with E-state index in [-0.39, 0.29) is 106 Å². The molecule has 0 aromatic carbocycles. The Kier molecular flexibility index (Phi) is 40.5. The average molecular weight is 2030 g/mol. The third-order valence-corrected chi connectivity index (χ3v) is 47.4. The zero-order valence-electron chi connectivity index (χ0n) is 87.9. The van der Waals surface area contributed by atoms with E-state index in [1.54, 1.807) is 24.4 Å². The first-order valence-electron chi connectivity index (χ1n) is 58.2. The SMILES string of the molecule is C.C.C.C.C.C.CC(=O)[C@H]1CC[C@H]2[C@@H]3CC[C@@H]4CC(=O)CC[C@@H]4[C@H]3CC[C@]12C.CCC[C@@]1(O)CC[C@H]2[C@H](CC[C@@H]3[C@@H]2CC[C@]2(C)[C@@H](C(=O)Cc4ccc(C#N)cn4)CC[C@@H]32)C1.CCC[C@@]1(O)CC[C@H]2[C@H](CC[C@@H]3[C@@H]2CC[C@]2(C)[C@@H](C(=O)O)CC[C@@H]32)C1.CCC[C@@]1(O)CC[C@H]2[C@H](CC[C@@H]3[C@@H]2CC[C@]2(C)[C@@H](C(C)=O)CC[C@@H]32)C1.CCC[C@@]1(O)CC[C@H]2[C@H](CC[C@@H]3[C@@H]2CC[C@]2(C)[C@@H](C(N)=O)CC[C@@H]32)C1.N#Cc1ccc(Cl)nc1. The number of fused-ring (bicyclic) bond motifs is 25. The number of carboxylic acid groups (broad SMARTS) is 1. The van der Waals surface area contributed by atoms with Crippen molar-refractivity contribution in [3.63, 3.8) is 0 Å². The lowest BCUT2D eigenvalue weighted by atomic mass is 9.48. The molecular weight excluding hydrogens is 1820 g/mol. The number of carbonyl (C=O) groups is 6. The van der Waals surface area contributed by atoms with Crippen molar-refractivity contribution in [1.82, 2.24) is 9.97 Å². The maximum atomic E-state index is 13.4. The van der Waals surface area contributed by atoms with Crippen LogP contribution in [-0.2, 0) is 35.2 Å². The van der Waals surface area contributed by atoms with E-state index in [4.69, 9.17) is 27.9 Å². The summed E-state index contributed by atoms with van der Waals surface area (Å²) in [5, 5.41) is 71.3. The number of carbonyl (C=O) groups excluding carboxylic acids is 5. The van der Waals surface area contributed by atoms with Crippen LogP contribution in [0.2, 0.25) is 5.15 Å². The van der Waals surface area contributed by atoms with Gasteiger partial charge in [0.2, 0.25) is 5.91 Å². The molecule has 20 saturated carbocycles. The predicted molar refractivity (Wildman–Crippen MR) is 588 cm³/mol. The van der Waals surface area contributed by atoms with Crippen molar-refractivity contribution >= 4 is 46.6 Å². The van der Waals surface area contributed by atoms with Gasteiger partial charge >= 0.3 is 5.97 Å². The number of amides is 1. The monoisotopic (exact) mass is 2030 g/mol. The summed E-state index contributed by atoms with van der Waals surface area (Å²) in [4.78, 5) is 81.3. The molecule has 20 fully saturated rings. The minimum absolute atomic E-state index is 0. The average Bonchev–Trinajstić information content (AvgIpc) is 1.64. The van der Waals surface area contributed by atoms with E-state index < -0.39 is 17.2 Å². The van der Waals surface area contributed by atoms with Crippen LogP contribution in [0, 0.1) is 227 Å². The number of nitrogens with zero attached hydrogens (tertiary/aromatic N) is 4. The number of aliphatic hydroxyl groups is 4. The van der Waals surface area contributed by atoms with E-state index in [0.29, 0.717) is 93.2 Å². The number of pyridine rings is 2. The molecule has 0 saturated heterocycles. The first kappa shape index (κ1) is 120. The Bertz CT molecular complexity index is 4500. The van der Waals surface area contributed by atoms with Gasteiger partial charge in [0.05, 0.1) is 39.4 Å². The number of nitrogens with two attached hydrogens (primary N) is 1. The van der Waals surface area contributed by atoms with Crippen LogP contribution in [-0.4, -0.2) is 92.9 Å². The van der Waals surface area contributed by atoms with Gasteiger partial charge in [0, 0.05) is 61.0 Å². The summed E-state index contributed by atoms with van der Waals surface area (Å²) < 4.78 is 0. The number of ketones is 4. The number of hydrogen-bond acceptors (Lipinski definition) is 14. The lowest BCUT2D eigenvalue weighted by Crippen LogP contribution is -2.51. The predicted octanol–water partition coefficient (Wildman–Crippen LogP) is 30.2. The minimum Gasteiger partial charge on any atom is -0.481 e. The third-order valence-electron chi connectivity index (χ3n) is 47.2. The first-order valence-corrected chi connectivity index (χ1v) is 58.5. The maximum Gasteiger partial charge on any atom is 0.307 e. The molecule has 2 aromatic heterocycles. The number of hydrogen-bond donors (Lipinski definition) is 6. The second-order valence-corrected chi connectivity index (χ2v) is 53.8. The lowest BCUT2D eigenvalue weighted by molar-refractivity contribution is -0.150. The van der Waals surface area contributed by atoms with Crippen molar-refractivity contribution in [2.75, 3.05) is 0 Å². The zero-order valence-corrected chi connectivity index (χ0v) is 88.7. The molecule has 0 aliphatic heterocycles. The molecule has 818 valence electrons. The van der Waals surface area contributed by atoms with Gasteiger partial charge in [-0.15, -0.1) is 0 Å². The Morgan fingerprint density at radius 1 is 0.359 bits per heavy atom. The van der Waals surface area contributed by atoms with Crippen molar-refractivity contribution in [1.29, 1.82) is 10.5 Å². The highest BCUT2D eigenvalue weighted by molar-refractivity contribution is 6.29. The van der Waals surface area contributed by atoms with Crippen molar-refractivity contribution in [2.24, 2.45) is 210 Å². The molecule has 1 amide bonds. The van der Waals surface area contributed by atoms with Gasteiger partial charge in [0.25, 0.3) is 0 Å². The molecule has 0 spiro atoms. The Morgan fingerprint density at radius 3 is 0.938 bits per heavy atom. The van der Waals surface area contributed by atoms with Gasteiger partial charge in [-0.25, -0.2) is 4.98 Å². The normalized spacial score (nSPS) is 44.8. The van der Waals surface area contributed by atoms with Crippen LogP contribution in [0.25, 0.3) is 0 Å². The number of Topliss-reactive ketones (excluding diaryl/α,β-unsaturated/α-hetero) is 4. The number of nitriles is 2. The van der Waals surface area contributed by atoms with E-state index in [1.807, 2.05) is 26.0 Å². The van der Waals surface area contributed by atoms with Crippen molar-refractivity contribution < 1.29 is 54.3 Å². The van der Waals surface area contributed by atoms with Gasteiger partial charge in [-0.1, -0.05) is 144 Å². The highest BCUT2D eigenvalue weighted by atomic mass is 35.5. The van der Waals surface area contributed by atoms with E-state index in [0.717, 1.165) is 285 Å². The summed E-state index contributed by atoms with van der Waals surface area (Å²) in [7, 11) is 0. The molecule has 2 heterocycles. The summed E-state index contributed by atoms with van der Waals surface area (Å²) in [6, 6.07) is 10.8. The molecule has 145 heavy (non-hydrogen) atoms. The topological polar surface area (TPSA) is 303 Å². The molecule has 0 unspecified atom stereocenters. The van der Waals surface area contributed by atoms with Crippen LogP contribution in [0.3, 0.4) is 0 Å². The second-order valence-electron chi connectivity index (χ2n) is 53.4. The van der Waals surface area contributed by atoms with Gasteiger partial charge in [-0.3, -0.25) is 33.8 Å². The van der Waals surface area contributed by atoms with Crippen LogP contribution in [0.15, 0.2) is 36.7 Å². The summed E-state index contributed by atoms with van der Waals surface area (Å²) >= 11 is 5.45. The molecule has 20 aliphatic carbocycles. The van der Waals surface area contributed by atoms with Crippen molar-refractivity contribution in [3.8, 4) is 12.1 Å². The van der Waals surface area contributed by atoms with E-state index in [9.17, 15) is 54.3 Å². The standard InChI is InChI=1S/C29H40N2O2.C23H38O2.C22H37NO2.C22H36O3.C20H30O2.C6H3ClN2.6CH4/c1-3-12-29(33)14-11-22-20(16-29)5-7-24-23(22)10-13-28(2)25(24)8-9-26(28)27(32)15-21-6-4-19(17-30)18-31-21;1-4-11-23(25)13-10-17-16(14-23)5-6-19-18(17)9-12-22(3)20(15(2)24)7-8-21(19)22;2*1-3-10-22(25)12-9-15-14(13-22)4-5-17-16(15)8-11-21(2)18(17)6-7-19(21)20(23)24;1-12(21)18-7-8-19-17-5-3-13-11-14(22)4-6-15(13)16(17)9-10-20(18,19)2;7-6-2-1-5(3-8)4-9-6;;;;;;/h4,6,18,20,22-26,33H,3,5,7-16H2,1-2H3;16-21,25H,4-14H2,1-3H3;14-19,25H,3-13H2,1-2H3,(H2,23,24);14-19,25H,3-13H2,1-2H3,(H,23,24);13,15-19H,3-11H2,1-2H3;1-2,4H;6*1H4/t20-,22+,23-,24-,25+,26-,28+,29-;16-,17+,18-,19-,20-,21+,22-,23-;2*14-,15+,16-,17-,18+,19-,21+,22-;13-,15+,16-,17-,18-,19+,20-;;;;;;;/m11111......./s1. The molecule has 7 N–H and O–H groups in total. The molecular formula is C128H208ClN5O11. The number of halogens is 1. The van der Waals surface area contributed by atoms with E-state index >= 15 is 0 Å². The van der Waals surface area contributed by atoms with Crippen LogP contribution in [0.4, 0.5) is 0 Å². The van der Waals surface area contributed by atoms with Gasteiger partial charge in [-0.05, 0) is 515 Å². The number of rotatable bonds is 15. The number of aromatic nitrogens is 2. The first-order chi connectivity index (χ1) is 66.3. The summed E-state index contributed by atoms with van der Waals surface area (Å²) in [6.45, 7) is 24.3. The van der Waals surface area contributed by atoms with Gasteiger partial charge in [0.15, 0.2) is 0 Å². The Balaban J connectivity index is 0.000000168. The fourth-order valence-corrected chi connectivity index (χ4v) is 41.5. The third kappa shape index (κ3) is 23.7. The van der Waals surface area contributed by atoms with Crippen LogP contribution < -0.4 is 5.73 Å². The molecule has 22 rings (SSSR count). The van der Waals surface area contributed by atoms with Crippen molar-refractivity contribution in [3.05, 3.63) is 58.6 Å². The Hall–Kier alpha value is -4.97. The van der Waals surface area contributed by atoms with Crippen LogP contribution in [0.1, 0.15) is 478 Å². The number of carboxylic acids is 1. The van der Waals surface area contributed by atoms with Gasteiger partial charge in [0.1, 0.15) is 40.4 Å². The molecule has 2 aromatic rings. The molecule has 16 nitrogen and oxygen atoms in total. The van der Waals surface area contributed by atoms with Crippen molar-refractivity contribution in [2.45, 2.75) is 490 Å². The van der Waals surface area contributed by atoms with Gasteiger partial charge < -0.3 is 31.3 Å². The summed E-state index contributed by atoms with van der Waals surface area (Å²) in [6.07, 6.45) is 64.4. The van der Waals surface area contributed by atoms with Crippen LogP contribution in [0.5, 0.6) is 0 Å². The Labute approximate surface area is 886 Å². The van der Waals surface area contributed by atoms with E-state index in [1.165, 1.54) is 180 Å². The quantitative estimate of drug-likeness (QED) is 0.0903. The fourth-order valence-electron chi connectivity index (χ4n) is 41.4. The second kappa shape index (κ2) is 48.8. The minimum atomic E-state index is -0.556. The largest absolute Gasteiger partial charge is 0.481 e. The highest BCUT2D eigenvalue weighted by Gasteiger charge is 2.66. The smallest absolute Gasteiger partial charge is 0.307 e. The van der Waals surface area contributed by atoms with Gasteiger partial charge in [-0.2, -0.15) is 10.5 Å². The number of aliphatic carboxylic acids is 1. The molecule has 17 heteroatoms. The lowest BCUT2D eigenvalue weighted by Gasteiger charge is -2.57. The number of primary amides is 1.